The summed E-state index contributed by atoms with van der Waals surface area (Å²) in [6.45, 7) is 6.66. The highest BCUT2D eigenvalue weighted by atomic mass is 19.1. The Kier molecular flexibility index (Phi) is 5.62. The number of carbonyl (C=O) groups excluding carboxylic acids is 1. The van der Waals surface area contributed by atoms with E-state index in [1.54, 1.807) is 19.1 Å². The first kappa shape index (κ1) is 14.5. The Morgan fingerprint density at radius 3 is 2.67 bits per heavy atom. The molecule has 1 unspecified atom stereocenters. The van der Waals surface area contributed by atoms with Crippen LogP contribution in [-0.4, -0.2) is 18.5 Å². The lowest BCUT2D eigenvalue weighted by molar-refractivity contribution is -0.121. The van der Waals surface area contributed by atoms with E-state index >= 15 is 0 Å². The third-order valence-electron chi connectivity index (χ3n) is 2.62. The van der Waals surface area contributed by atoms with Crippen LogP contribution in [-0.2, 0) is 4.79 Å². The van der Waals surface area contributed by atoms with Crippen molar-refractivity contribution >= 4 is 11.6 Å². The average molecular weight is 252 g/mol. The van der Waals surface area contributed by atoms with E-state index < -0.39 is 0 Å². The van der Waals surface area contributed by atoms with Crippen molar-refractivity contribution in [1.82, 2.24) is 5.32 Å². The smallest absolute Gasteiger partial charge is 0.242 e. The normalized spacial score (nSPS) is 12.3. The molecule has 3 nitrogen and oxygen atoms in total. The summed E-state index contributed by atoms with van der Waals surface area (Å²) in [7, 11) is 0. The molecule has 2 N–H and O–H groups in total. The molecule has 1 aromatic rings. The summed E-state index contributed by atoms with van der Waals surface area (Å²) in [6.07, 6.45) is 0.957. The van der Waals surface area contributed by atoms with Gasteiger partial charge in [0, 0.05) is 12.2 Å². The average Bonchev–Trinajstić information content (AvgIpc) is 2.28. The third-order valence-corrected chi connectivity index (χ3v) is 2.62. The summed E-state index contributed by atoms with van der Waals surface area (Å²) in [6, 6.07) is 5.72. The topological polar surface area (TPSA) is 41.1 Å². The third kappa shape index (κ3) is 5.17. The SMILES string of the molecule is CC(C)CCNC(=O)C(C)Nc1cccc(F)c1. The number of hydrogen-bond acceptors (Lipinski definition) is 2. The fourth-order valence-electron chi connectivity index (χ4n) is 1.53. The van der Waals surface area contributed by atoms with Crippen LogP contribution in [0.2, 0.25) is 0 Å². The molecule has 1 atom stereocenters. The molecule has 0 aliphatic heterocycles. The van der Waals surface area contributed by atoms with Crippen LogP contribution in [0.3, 0.4) is 0 Å². The van der Waals surface area contributed by atoms with E-state index in [-0.39, 0.29) is 17.8 Å². The van der Waals surface area contributed by atoms with E-state index in [1.165, 1.54) is 12.1 Å². The maximum atomic E-state index is 13.0. The van der Waals surface area contributed by atoms with Crippen molar-refractivity contribution in [1.29, 1.82) is 0 Å². The number of halogens is 1. The predicted octanol–water partition coefficient (Wildman–Crippen LogP) is 2.79. The Bertz CT molecular complexity index is 393. The maximum absolute atomic E-state index is 13.0. The van der Waals surface area contributed by atoms with E-state index in [2.05, 4.69) is 24.5 Å². The predicted molar refractivity (Wildman–Crippen MR) is 71.9 cm³/mol. The van der Waals surface area contributed by atoms with Gasteiger partial charge in [-0.2, -0.15) is 0 Å². The summed E-state index contributed by atoms with van der Waals surface area (Å²) in [5.74, 6) is 0.184. The Morgan fingerprint density at radius 2 is 2.06 bits per heavy atom. The number of rotatable bonds is 6. The lowest BCUT2D eigenvalue weighted by Crippen LogP contribution is -2.38. The van der Waals surface area contributed by atoms with Gasteiger partial charge in [0.15, 0.2) is 0 Å². The molecule has 100 valence electrons. The fourth-order valence-corrected chi connectivity index (χ4v) is 1.53. The Labute approximate surface area is 108 Å². The van der Waals surface area contributed by atoms with Crippen molar-refractivity contribution in [3.8, 4) is 0 Å². The van der Waals surface area contributed by atoms with Gasteiger partial charge in [0.25, 0.3) is 0 Å². The van der Waals surface area contributed by atoms with Crippen LogP contribution in [0.25, 0.3) is 0 Å². The molecule has 0 saturated heterocycles. The zero-order valence-electron chi connectivity index (χ0n) is 11.2. The monoisotopic (exact) mass is 252 g/mol. The van der Waals surface area contributed by atoms with Gasteiger partial charge in [-0.1, -0.05) is 19.9 Å². The minimum atomic E-state index is -0.376. The van der Waals surface area contributed by atoms with Gasteiger partial charge in [-0.05, 0) is 37.5 Å². The van der Waals surface area contributed by atoms with Gasteiger partial charge in [-0.3, -0.25) is 4.79 Å². The van der Waals surface area contributed by atoms with Gasteiger partial charge >= 0.3 is 0 Å². The van der Waals surface area contributed by atoms with E-state index in [9.17, 15) is 9.18 Å². The lowest BCUT2D eigenvalue weighted by atomic mass is 10.1. The van der Waals surface area contributed by atoms with Crippen LogP contribution in [0.15, 0.2) is 24.3 Å². The van der Waals surface area contributed by atoms with Crippen molar-refractivity contribution in [2.75, 3.05) is 11.9 Å². The molecule has 0 aliphatic rings. The number of amides is 1. The summed E-state index contributed by atoms with van der Waals surface area (Å²) in [5, 5.41) is 5.82. The molecule has 1 rings (SSSR count). The first-order valence-electron chi connectivity index (χ1n) is 6.29. The van der Waals surface area contributed by atoms with Crippen LogP contribution in [0.5, 0.6) is 0 Å². The van der Waals surface area contributed by atoms with Crippen molar-refractivity contribution in [3.05, 3.63) is 30.1 Å². The number of nitrogens with one attached hydrogen (secondary N) is 2. The molecule has 0 fully saturated rings. The van der Waals surface area contributed by atoms with Gasteiger partial charge in [0.1, 0.15) is 11.9 Å². The number of benzene rings is 1. The molecule has 0 saturated carbocycles. The van der Waals surface area contributed by atoms with Crippen LogP contribution < -0.4 is 10.6 Å². The first-order valence-corrected chi connectivity index (χ1v) is 6.29. The van der Waals surface area contributed by atoms with Gasteiger partial charge in [-0.25, -0.2) is 4.39 Å². The zero-order chi connectivity index (χ0) is 13.5. The Morgan fingerprint density at radius 1 is 1.33 bits per heavy atom. The molecular weight excluding hydrogens is 231 g/mol. The van der Waals surface area contributed by atoms with Gasteiger partial charge in [0.05, 0.1) is 0 Å². The van der Waals surface area contributed by atoms with Crippen LogP contribution in [0.1, 0.15) is 27.2 Å². The van der Waals surface area contributed by atoms with Crippen LogP contribution in [0, 0.1) is 11.7 Å². The molecule has 0 heterocycles. The highest BCUT2D eigenvalue weighted by Gasteiger charge is 2.12. The lowest BCUT2D eigenvalue weighted by Gasteiger charge is -2.15. The van der Waals surface area contributed by atoms with Gasteiger partial charge < -0.3 is 10.6 Å². The molecule has 1 amide bonds. The summed E-state index contributed by atoms with van der Waals surface area (Å²) < 4.78 is 13.0. The van der Waals surface area contributed by atoms with Crippen LogP contribution in [0.4, 0.5) is 10.1 Å². The standard InChI is InChI=1S/C14H21FN2O/c1-10(2)7-8-16-14(18)11(3)17-13-6-4-5-12(15)9-13/h4-6,9-11,17H,7-8H2,1-3H3,(H,16,18). The molecule has 1 aromatic carbocycles. The number of carbonyl (C=O) groups is 1. The summed E-state index contributed by atoms with van der Waals surface area (Å²) >= 11 is 0. The van der Waals surface area contributed by atoms with E-state index in [0.29, 0.717) is 18.2 Å². The second kappa shape index (κ2) is 6.99. The summed E-state index contributed by atoms with van der Waals surface area (Å²) in [5.41, 5.74) is 0.613. The molecule has 0 spiro atoms. The van der Waals surface area contributed by atoms with E-state index in [1.807, 2.05) is 0 Å². The Hall–Kier alpha value is -1.58. The number of anilines is 1. The number of hydrogen-bond donors (Lipinski definition) is 2. The molecular formula is C14H21FN2O. The minimum Gasteiger partial charge on any atom is -0.374 e. The van der Waals surface area contributed by atoms with Crippen molar-refractivity contribution < 1.29 is 9.18 Å². The second-order valence-corrected chi connectivity index (χ2v) is 4.85. The molecule has 0 bridgehead atoms. The fraction of sp³-hybridized carbons (Fsp3) is 0.500. The highest BCUT2D eigenvalue weighted by molar-refractivity contribution is 5.84. The molecule has 0 radical (unpaired) electrons. The van der Waals surface area contributed by atoms with Gasteiger partial charge in [0.2, 0.25) is 5.91 Å². The maximum Gasteiger partial charge on any atom is 0.242 e. The largest absolute Gasteiger partial charge is 0.374 e. The molecule has 0 aromatic heterocycles. The van der Waals surface area contributed by atoms with Crippen molar-refractivity contribution in [2.45, 2.75) is 33.2 Å². The minimum absolute atomic E-state index is 0.0695. The van der Waals surface area contributed by atoms with Gasteiger partial charge in [-0.15, -0.1) is 0 Å². The van der Waals surface area contributed by atoms with Crippen molar-refractivity contribution in [2.24, 2.45) is 5.92 Å². The Balaban J connectivity index is 2.40. The molecule has 18 heavy (non-hydrogen) atoms. The summed E-state index contributed by atoms with van der Waals surface area (Å²) in [4.78, 5) is 11.7. The second-order valence-electron chi connectivity index (χ2n) is 4.85. The van der Waals surface area contributed by atoms with E-state index in [0.717, 1.165) is 6.42 Å². The van der Waals surface area contributed by atoms with E-state index in [4.69, 9.17) is 0 Å². The first-order chi connectivity index (χ1) is 8.49. The molecule has 0 aliphatic carbocycles. The zero-order valence-corrected chi connectivity index (χ0v) is 11.2. The van der Waals surface area contributed by atoms with Crippen LogP contribution >= 0.6 is 0 Å². The molecule has 4 heteroatoms. The van der Waals surface area contributed by atoms with Crippen molar-refractivity contribution in [3.63, 3.8) is 0 Å². The highest BCUT2D eigenvalue weighted by Crippen LogP contribution is 2.10. The quantitative estimate of drug-likeness (QED) is 0.817.